The van der Waals surface area contributed by atoms with Crippen LogP contribution < -0.4 is 0 Å². The largest absolute Gasteiger partial charge is 0.476 e. The highest BCUT2D eigenvalue weighted by Gasteiger charge is 2.26. The number of aliphatic hydroxyl groups is 1. The van der Waals surface area contributed by atoms with E-state index in [2.05, 4.69) is 19.9 Å². The van der Waals surface area contributed by atoms with Crippen LogP contribution in [-0.2, 0) is 16.1 Å². The lowest BCUT2D eigenvalue weighted by atomic mass is 10.0. The van der Waals surface area contributed by atoms with Gasteiger partial charge in [-0.1, -0.05) is 119 Å². The quantitative estimate of drug-likeness (QED) is 0.130. The number of carbonyl (C=O) groups excluding carboxylic acids is 2. The molecule has 11 heteroatoms. The maximum atomic E-state index is 12.3. The third-order valence-corrected chi connectivity index (χ3v) is 8.45. The molecule has 0 amide bonds. The van der Waals surface area contributed by atoms with E-state index in [1.807, 2.05) is 125 Å². The van der Waals surface area contributed by atoms with E-state index in [4.69, 9.17) is 9.47 Å². The van der Waals surface area contributed by atoms with Gasteiger partial charge in [-0.15, -0.1) is 0 Å². The molecule has 0 aliphatic rings. The van der Waals surface area contributed by atoms with E-state index in [9.17, 15) is 24.6 Å². The SMILES string of the molecule is CCOC(=O)c1nc(-c2ccc(C)cc2)c(-c2ccc(C)cc2)nc1C(=O)O.CCOC(=O)c1nc(-c2ccc(C)cc2)c(-c2ccc(C)cc2)nc1CO. The average molecular weight is 739 g/mol. The highest BCUT2D eigenvalue weighted by molar-refractivity contribution is 6.01. The summed E-state index contributed by atoms with van der Waals surface area (Å²) in [5.41, 5.74) is 9.11. The molecule has 0 fully saturated rings. The molecule has 0 aliphatic heterocycles. The van der Waals surface area contributed by atoms with Gasteiger partial charge < -0.3 is 19.7 Å². The lowest BCUT2D eigenvalue weighted by Crippen LogP contribution is -2.17. The fourth-order valence-electron chi connectivity index (χ4n) is 5.52. The van der Waals surface area contributed by atoms with E-state index >= 15 is 0 Å². The molecule has 4 aromatic carbocycles. The second-order valence-electron chi connectivity index (χ2n) is 12.7. The van der Waals surface area contributed by atoms with Crippen molar-refractivity contribution in [2.45, 2.75) is 48.1 Å². The molecular weight excluding hydrogens is 697 g/mol. The second kappa shape index (κ2) is 18.0. The summed E-state index contributed by atoms with van der Waals surface area (Å²) in [6.07, 6.45) is 0. The Labute approximate surface area is 319 Å². The van der Waals surface area contributed by atoms with Gasteiger partial charge in [0.05, 0.1) is 48.3 Å². The van der Waals surface area contributed by atoms with E-state index in [1.54, 1.807) is 13.8 Å². The van der Waals surface area contributed by atoms with Gasteiger partial charge in [0.2, 0.25) is 0 Å². The van der Waals surface area contributed by atoms with Crippen LogP contribution in [-0.4, -0.2) is 61.3 Å². The van der Waals surface area contributed by atoms with Gasteiger partial charge in [0.1, 0.15) is 0 Å². The number of carboxylic acids is 1. The summed E-state index contributed by atoms with van der Waals surface area (Å²) in [6.45, 7) is 11.3. The van der Waals surface area contributed by atoms with Gasteiger partial charge in [-0.05, 0) is 41.5 Å². The summed E-state index contributed by atoms with van der Waals surface area (Å²) >= 11 is 0. The average Bonchev–Trinajstić information content (AvgIpc) is 3.18. The number of nitrogens with zero attached hydrogens (tertiary/aromatic N) is 4. The molecule has 0 radical (unpaired) electrons. The minimum Gasteiger partial charge on any atom is -0.476 e. The Bertz CT molecular complexity index is 2310. The van der Waals surface area contributed by atoms with E-state index < -0.39 is 30.2 Å². The van der Waals surface area contributed by atoms with Crippen molar-refractivity contribution in [3.05, 3.63) is 142 Å². The van der Waals surface area contributed by atoms with Crippen LogP contribution in [0.1, 0.15) is 73.3 Å². The van der Waals surface area contributed by atoms with Crippen molar-refractivity contribution in [3.63, 3.8) is 0 Å². The minimum atomic E-state index is -1.33. The molecule has 2 N–H and O–H groups in total. The van der Waals surface area contributed by atoms with Crippen molar-refractivity contribution < 1.29 is 34.1 Å². The van der Waals surface area contributed by atoms with E-state index in [0.29, 0.717) is 28.3 Å². The normalized spacial score (nSPS) is 10.6. The molecule has 55 heavy (non-hydrogen) atoms. The summed E-state index contributed by atoms with van der Waals surface area (Å²) < 4.78 is 10.1. The summed E-state index contributed by atoms with van der Waals surface area (Å²) in [5, 5.41) is 19.3. The molecule has 6 rings (SSSR count). The van der Waals surface area contributed by atoms with Gasteiger partial charge >= 0.3 is 17.9 Å². The van der Waals surface area contributed by atoms with Crippen LogP contribution in [0, 0.1) is 27.7 Å². The van der Waals surface area contributed by atoms with Gasteiger partial charge in [0, 0.05) is 22.3 Å². The molecule has 0 aliphatic carbocycles. The van der Waals surface area contributed by atoms with Crippen LogP contribution >= 0.6 is 0 Å². The second-order valence-corrected chi connectivity index (χ2v) is 12.7. The molecule has 0 spiro atoms. The van der Waals surface area contributed by atoms with Crippen molar-refractivity contribution in [3.8, 4) is 45.0 Å². The van der Waals surface area contributed by atoms with Crippen LogP contribution in [0.4, 0.5) is 0 Å². The highest BCUT2D eigenvalue weighted by Crippen LogP contribution is 2.32. The number of hydrogen-bond donors (Lipinski definition) is 2. The van der Waals surface area contributed by atoms with E-state index in [1.165, 1.54) is 0 Å². The molecular formula is C44H42N4O7. The van der Waals surface area contributed by atoms with Gasteiger partial charge in [0.25, 0.3) is 0 Å². The first-order chi connectivity index (χ1) is 26.4. The summed E-state index contributed by atoms with van der Waals surface area (Å²) in [5.74, 6) is -2.73. The van der Waals surface area contributed by atoms with Crippen LogP contribution in [0.5, 0.6) is 0 Å². The number of aromatic nitrogens is 4. The number of aryl methyl sites for hydroxylation is 4. The third-order valence-electron chi connectivity index (χ3n) is 8.45. The first kappa shape index (κ1) is 39.6. The molecule has 0 saturated heterocycles. The Morgan fingerprint density at radius 1 is 0.473 bits per heavy atom. The standard InChI is InChI=1S/C22H20N2O4.C22H22N2O3/c1-4-28-22(27)20-19(21(25)26)23-17(15-9-5-13(2)6-10-15)18(24-20)16-11-7-14(3)8-12-16;1-4-27-22(26)21-18(13-25)23-19(16-9-5-14(2)6-10-16)20(24-21)17-11-7-15(3)8-12-17/h5-12H,4H2,1-3H3,(H,25,26);5-12,25H,4,13H2,1-3H3. The molecule has 6 aromatic rings. The first-order valence-corrected chi connectivity index (χ1v) is 17.7. The summed E-state index contributed by atoms with van der Waals surface area (Å²) in [6, 6.07) is 30.9. The van der Waals surface area contributed by atoms with Crippen molar-refractivity contribution in [2.75, 3.05) is 13.2 Å². The Morgan fingerprint density at radius 2 is 0.764 bits per heavy atom. The molecule has 0 unspecified atom stereocenters. The molecule has 2 aromatic heterocycles. The van der Waals surface area contributed by atoms with Crippen molar-refractivity contribution in [1.82, 2.24) is 19.9 Å². The van der Waals surface area contributed by atoms with E-state index in [0.717, 1.165) is 38.9 Å². The van der Waals surface area contributed by atoms with Crippen LogP contribution in [0.15, 0.2) is 97.1 Å². The highest BCUT2D eigenvalue weighted by atomic mass is 16.5. The maximum Gasteiger partial charge on any atom is 0.359 e. The predicted molar refractivity (Wildman–Crippen MR) is 210 cm³/mol. The lowest BCUT2D eigenvalue weighted by Gasteiger charge is -2.14. The minimum absolute atomic E-state index is 0.0470. The fraction of sp³-hybridized carbons (Fsp3) is 0.205. The summed E-state index contributed by atoms with van der Waals surface area (Å²) in [7, 11) is 0. The molecule has 11 nitrogen and oxygen atoms in total. The van der Waals surface area contributed by atoms with E-state index in [-0.39, 0.29) is 30.3 Å². The number of esters is 2. The van der Waals surface area contributed by atoms with Gasteiger partial charge in [0.15, 0.2) is 17.1 Å². The zero-order valence-electron chi connectivity index (χ0n) is 31.6. The van der Waals surface area contributed by atoms with Gasteiger partial charge in [-0.2, -0.15) is 0 Å². The topological polar surface area (TPSA) is 162 Å². The molecule has 2 heterocycles. The monoisotopic (exact) mass is 738 g/mol. The Balaban J connectivity index is 0.000000211. The fourth-order valence-corrected chi connectivity index (χ4v) is 5.52. The molecule has 0 atom stereocenters. The third kappa shape index (κ3) is 9.51. The zero-order chi connectivity index (χ0) is 39.6. The van der Waals surface area contributed by atoms with Crippen molar-refractivity contribution in [2.24, 2.45) is 0 Å². The van der Waals surface area contributed by atoms with Gasteiger partial charge in [-0.25, -0.2) is 34.3 Å². The van der Waals surface area contributed by atoms with Crippen molar-refractivity contribution in [1.29, 1.82) is 0 Å². The smallest absolute Gasteiger partial charge is 0.359 e. The Hall–Kier alpha value is -6.59. The number of ether oxygens (including phenoxy) is 2. The number of aliphatic hydroxyl groups excluding tert-OH is 1. The number of carboxylic acid groups (broad SMARTS) is 1. The van der Waals surface area contributed by atoms with Crippen molar-refractivity contribution >= 4 is 17.9 Å². The molecule has 0 bridgehead atoms. The van der Waals surface area contributed by atoms with Gasteiger partial charge in [-0.3, -0.25) is 0 Å². The Kier molecular flexibility index (Phi) is 12.9. The molecule has 0 saturated carbocycles. The first-order valence-electron chi connectivity index (χ1n) is 17.7. The zero-order valence-corrected chi connectivity index (χ0v) is 31.6. The lowest BCUT2D eigenvalue weighted by molar-refractivity contribution is 0.0502. The number of carbonyl (C=O) groups is 3. The van der Waals surface area contributed by atoms with Crippen LogP contribution in [0.3, 0.4) is 0 Å². The molecule has 280 valence electrons. The number of benzene rings is 4. The van der Waals surface area contributed by atoms with Crippen LogP contribution in [0.2, 0.25) is 0 Å². The number of rotatable bonds is 10. The Morgan fingerprint density at radius 3 is 1.07 bits per heavy atom. The summed E-state index contributed by atoms with van der Waals surface area (Å²) in [4.78, 5) is 54.2. The van der Waals surface area contributed by atoms with Crippen LogP contribution in [0.25, 0.3) is 45.0 Å². The number of hydrogen-bond acceptors (Lipinski definition) is 10. The number of aromatic carboxylic acids is 1. The maximum absolute atomic E-state index is 12.3. The predicted octanol–water partition coefficient (Wildman–Crippen LogP) is 8.40.